The molecular formula is C8H7NO7. The van der Waals surface area contributed by atoms with E-state index in [2.05, 4.69) is 0 Å². The quantitative estimate of drug-likeness (QED) is 0.329. The molecule has 0 aliphatic rings. The molecule has 0 aliphatic carbocycles. The number of rotatable bonds is 3. The van der Waals surface area contributed by atoms with Gasteiger partial charge in [-0.05, 0) is 0 Å². The number of phenolic OH excluding ortho intramolecular Hbond substituents is 1. The fourth-order valence-corrected chi connectivity index (χ4v) is 1.24. The molecule has 0 heterocycles. The predicted octanol–water partition coefficient (Wildman–Crippen LogP) is 0.196. The van der Waals surface area contributed by atoms with Crippen molar-refractivity contribution in [2.45, 2.75) is 6.61 Å². The summed E-state index contributed by atoms with van der Waals surface area (Å²) in [6, 6.07) is 0.577. The molecular weight excluding hydrogens is 222 g/mol. The third-order valence-corrected chi connectivity index (χ3v) is 1.93. The van der Waals surface area contributed by atoms with Crippen LogP contribution in [0.4, 0.5) is 5.69 Å². The third-order valence-electron chi connectivity index (χ3n) is 1.93. The fraction of sp³-hybridized carbons (Fsp3) is 0.125. The first kappa shape index (κ1) is 11.7. The van der Waals surface area contributed by atoms with Gasteiger partial charge in [-0.1, -0.05) is 0 Å². The van der Waals surface area contributed by atoms with Crippen molar-refractivity contribution in [3.8, 4) is 11.5 Å². The molecule has 0 radical (unpaired) electrons. The van der Waals surface area contributed by atoms with E-state index in [4.69, 9.17) is 15.3 Å². The topological polar surface area (TPSA) is 141 Å². The minimum absolute atomic E-state index is 0.562. The number of carboxylic acids is 1. The first-order valence-electron chi connectivity index (χ1n) is 3.96. The van der Waals surface area contributed by atoms with E-state index in [1.165, 1.54) is 0 Å². The van der Waals surface area contributed by atoms with Crippen LogP contribution in [-0.4, -0.2) is 31.3 Å². The maximum absolute atomic E-state index is 10.7. The number of carboxylic acid groups (broad SMARTS) is 1. The van der Waals surface area contributed by atoms with Gasteiger partial charge in [0.05, 0.1) is 23.2 Å². The lowest BCUT2D eigenvalue weighted by molar-refractivity contribution is -0.386. The zero-order valence-electron chi connectivity index (χ0n) is 7.75. The van der Waals surface area contributed by atoms with Gasteiger partial charge in [-0.2, -0.15) is 0 Å². The maximum Gasteiger partial charge on any atom is 0.340 e. The van der Waals surface area contributed by atoms with E-state index in [1.807, 2.05) is 0 Å². The SMILES string of the molecule is O=C(O)c1c(O)c(O)cc([N+](=O)[O-])c1CO. The van der Waals surface area contributed by atoms with Gasteiger partial charge in [-0.25, -0.2) is 4.79 Å². The number of aromatic carboxylic acids is 1. The Hall–Kier alpha value is -2.35. The molecule has 1 rings (SSSR count). The summed E-state index contributed by atoms with van der Waals surface area (Å²) in [6.07, 6.45) is 0. The number of phenols is 2. The minimum Gasteiger partial charge on any atom is -0.504 e. The van der Waals surface area contributed by atoms with E-state index >= 15 is 0 Å². The molecule has 4 N–H and O–H groups in total. The lowest BCUT2D eigenvalue weighted by Crippen LogP contribution is -2.06. The fourth-order valence-electron chi connectivity index (χ4n) is 1.24. The van der Waals surface area contributed by atoms with E-state index in [1.54, 1.807) is 0 Å². The van der Waals surface area contributed by atoms with Crippen LogP contribution in [0.3, 0.4) is 0 Å². The second-order valence-electron chi connectivity index (χ2n) is 2.84. The summed E-state index contributed by atoms with van der Waals surface area (Å²) in [5, 5.41) is 46.4. The molecule has 0 fully saturated rings. The molecule has 1 aromatic rings. The standard InChI is InChI=1S/C8H7NO7/c10-2-3-4(9(15)16)1-5(11)7(12)6(3)8(13)14/h1,10-12H,2H2,(H,13,14). The number of hydrogen-bond donors (Lipinski definition) is 4. The van der Waals surface area contributed by atoms with E-state index in [0.717, 1.165) is 0 Å². The third kappa shape index (κ3) is 1.73. The van der Waals surface area contributed by atoms with Crippen molar-refractivity contribution in [1.29, 1.82) is 0 Å². The van der Waals surface area contributed by atoms with Gasteiger partial charge in [-0.15, -0.1) is 0 Å². The van der Waals surface area contributed by atoms with Crippen LogP contribution in [0, 0.1) is 10.1 Å². The molecule has 86 valence electrons. The van der Waals surface area contributed by atoms with Crippen molar-refractivity contribution < 1.29 is 30.1 Å². The van der Waals surface area contributed by atoms with Gasteiger partial charge in [0.2, 0.25) is 0 Å². The van der Waals surface area contributed by atoms with Crippen LogP contribution in [0.1, 0.15) is 15.9 Å². The Bertz CT molecular complexity index is 468. The number of aliphatic hydroxyl groups is 1. The lowest BCUT2D eigenvalue weighted by atomic mass is 10.0. The van der Waals surface area contributed by atoms with Gasteiger partial charge in [0.1, 0.15) is 5.56 Å². The Labute approximate surface area is 88.2 Å². The molecule has 0 spiro atoms. The second kappa shape index (κ2) is 4.03. The number of carbonyl (C=O) groups is 1. The zero-order chi connectivity index (χ0) is 12.5. The largest absolute Gasteiger partial charge is 0.504 e. The van der Waals surface area contributed by atoms with Crippen molar-refractivity contribution in [2.24, 2.45) is 0 Å². The highest BCUT2D eigenvalue weighted by atomic mass is 16.6. The normalized spacial score (nSPS) is 10.1. The van der Waals surface area contributed by atoms with Crippen molar-refractivity contribution >= 4 is 11.7 Å². The van der Waals surface area contributed by atoms with Crippen LogP contribution in [-0.2, 0) is 6.61 Å². The summed E-state index contributed by atoms with van der Waals surface area (Å²) in [7, 11) is 0. The molecule has 0 bridgehead atoms. The van der Waals surface area contributed by atoms with Crippen LogP contribution in [0.5, 0.6) is 11.5 Å². The van der Waals surface area contributed by atoms with Gasteiger partial charge in [0, 0.05) is 0 Å². The van der Waals surface area contributed by atoms with Crippen LogP contribution in [0.2, 0.25) is 0 Å². The van der Waals surface area contributed by atoms with Gasteiger partial charge in [-0.3, -0.25) is 10.1 Å². The van der Waals surface area contributed by atoms with Crippen LogP contribution in [0.25, 0.3) is 0 Å². The van der Waals surface area contributed by atoms with E-state index in [9.17, 15) is 20.0 Å². The maximum atomic E-state index is 10.7. The van der Waals surface area contributed by atoms with Crippen molar-refractivity contribution in [3.05, 3.63) is 27.3 Å². The van der Waals surface area contributed by atoms with Gasteiger partial charge < -0.3 is 20.4 Å². The zero-order valence-corrected chi connectivity index (χ0v) is 7.75. The van der Waals surface area contributed by atoms with Crippen LogP contribution < -0.4 is 0 Å². The van der Waals surface area contributed by atoms with Gasteiger partial charge >= 0.3 is 5.97 Å². The molecule has 0 unspecified atom stereocenters. The van der Waals surface area contributed by atoms with Gasteiger partial charge in [0.25, 0.3) is 5.69 Å². The Morgan fingerprint density at radius 2 is 2.00 bits per heavy atom. The van der Waals surface area contributed by atoms with Crippen LogP contribution in [0.15, 0.2) is 6.07 Å². The monoisotopic (exact) mass is 229 g/mol. The lowest BCUT2D eigenvalue weighted by Gasteiger charge is -2.07. The highest BCUT2D eigenvalue weighted by Gasteiger charge is 2.27. The Morgan fingerprint density at radius 1 is 1.44 bits per heavy atom. The van der Waals surface area contributed by atoms with E-state index < -0.39 is 45.8 Å². The first-order valence-corrected chi connectivity index (χ1v) is 3.96. The predicted molar refractivity (Wildman–Crippen MR) is 49.3 cm³/mol. The molecule has 16 heavy (non-hydrogen) atoms. The number of benzene rings is 1. The highest BCUT2D eigenvalue weighted by molar-refractivity contribution is 5.95. The molecule has 0 atom stereocenters. The van der Waals surface area contributed by atoms with Crippen molar-refractivity contribution in [2.75, 3.05) is 0 Å². The molecule has 8 nitrogen and oxygen atoms in total. The Morgan fingerprint density at radius 3 is 2.38 bits per heavy atom. The summed E-state index contributed by atoms with van der Waals surface area (Å²) in [5.41, 5.74) is -2.21. The molecule has 0 aliphatic heterocycles. The summed E-state index contributed by atoms with van der Waals surface area (Å²) >= 11 is 0. The summed E-state index contributed by atoms with van der Waals surface area (Å²) in [5.74, 6) is -3.62. The average Bonchev–Trinajstić information content (AvgIpc) is 2.20. The number of nitro benzene ring substituents is 1. The molecule has 1 aromatic carbocycles. The Kier molecular flexibility index (Phi) is 2.95. The van der Waals surface area contributed by atoms with Crippen LogP contribution >= 0.6 is 0 Å². The molecule has 0 saturated heterocycles. The van der Waals surface area contributed by atoms with E-state index in [0.29, 0.717) is 6.07 Å². The number of nitro groups is 1. The summed E-state index contributed by atoms with van der Waals surface area (Å²) in [6.45, 7) is -0.939. The number of aliphatic hydroxyl groups excluding tert-OH is 1. The molecule has 0 amide bonds. The van der Waals surface area contributed by atoms with Crippen molar-refractivity contribution in [1.82, 2.24) is 0 Å². The summed E-state index contributed by atoms with van der Waals surface area (Å²) in [4.78, 5) is 20.3. The summed E-state index contributed by atoms with van der Waals surface area (Å²) < 4.78 is 0. The molecule has 0 aromatic heterocycles. The first-order chi connectivity index (χ1) is 7.40. The van der Waals surface area contributed by atoms with Gasteiger partial charge in [0.15, 0.2) is 11.5 Å². The molecule has 8 heteroatoms. The average molecular weight is 229 g/mol. The van der Waals surface area contributed by atoms with Crippen molar-refractivity contribution in [3.63, 3.8) is 0 Å². The second-order valence-corrected chi connectivity index (χ2v) is 2.84. The van der Waals surface area contributed by atoms with E-state index in [-0.39, 0.29) is 0 Å². The number of hydrogen-bond acceptors (Lipinski definition) is 6. The number of aromatic hydroxyl groups is 2. The smallest absolute Gasteiger partial charge is 0.340 e. The Balaban J connectivity index is 3.68. The number of nitrogens with zero attached hydrogens (tertiary/aromatic N) is 1. The highest BCUT2D eigenvalue weighted by Crippen LogP contribution is 2.37. The minimum atomic E-state index is -1.68. The molecule has 0 saturated carbocycles.